The molecule has 0 saturated heterocycles. The van der Waals surface area contributed by atoms with Crippen molar-refractivity contribution in [3.05, 3.63) is 59.9 Å². The van der Waals surface area contributed by atoms with E-state index in [1.807, 2.05) is 0 Å². The summed E-state index contributed by atoms with van der Waals surface area (Å²) in [4.78, 5) is 20.7. The molecule has 3 aromatic rings. The van der Waals surface area contributed by atoms with E-state index in [2.05, 4.69) is 15.3 Å². The molecule has 5 nitrogen and oxygen atoms in total. The van der Waals surface area contributed by atoms with Gasteiger partial charge >= 0.3 is 6.18 Å². The largest absolute Gasteiger partial charge is 0.416 e. The quantitative estimate of drug-likeness (QED) is 0.733. The highest BCUT2D eigenvalue weighted by Crippen LogP contribution is 2.32. The number of aliphatic hydroxyl groups excluding tert-OH is 1. The second kappa shape index (κ2) is 7.32. The van der Waals surface area contributed by atoms with E-state index in [-0.39, 0.29) is 12.3 Å². The molecule has 0 aliphatic heterocycles. The first kappa shape index (κ1) is 18.8. The van der Waals surface area contributed by atoms with E-state index in [0.717, 1.165) is 12.1 Å². The predicted molar refractivity (Wildman–Crippen MR) is 94.0 cm³/mol. The first-order chi connectivity index (χ1) is 12.8. The number of fused-ring (bicyclic) bond motifs is 1. The topological polar surface area (TPSA) is 75.1 Å². The number of para-hydroxylation sites is 1. The van der Waals surface area contributed by atoms with Crippen LogP contribution in [0.1, 0.15) is 23.0 Å². The maximum Gasteiger partial charge on any atom is 0.416 e. The molecule has 0 radical (unpaired) electrons. The number of hydrogen-bond donors (Lipinski definition) is 2. The molecule has 0 spiro atoms. The van der Waals surface area contributed by atoms with Gasteiger partial charge in [0.25, 0.3) is 5.91 Å². The van der Waals surface area contributed by atoms with Gasteiger partial charge in [0.1, 0.15) is 5.69 Å². The second-order valence-electron chi connectivity index (χ2n) is 6.06. The van der Waals surface area contributed by atoms with Crippen LogP contribution in [0.15, 0.2) is 48.7 Å². The zero-order valence-corrected chi connectivity index (χ0v) is 14.3. The summed E-state index contributed by atoms with van der Waals surface area (Å²) in [7, 11) is 0. The summed E-state index contributed by atoms with van der Waals surface area (Å²) in [6, 6.07) is 9.45. The third-order valence-electron chi connectivity index (χ3n) is 3.98. The highest BCUT2D eigenvalue weighted by atomic mass is 19.4. The summed E-state index contributed by atoms with van der Waals surface area (Å²) in [6.07, 6.45) is -3.10. The molecule has 0 aliphatic rings. The molecule has 1 amide bonds. The van der Waals surface area contributed by atoms with Gasteiger partial charge in [-0.25, -0.2) is 4.98 Å². The number of nitrogens with zero attached hydrogens (tertiary/aromatic N) is 2. The lowest BCUT2D eigenvalue weighted by atomic mass is 10.0. The third kappa shape index (κ3) is 4.06. The number of nitrogens with one attached hydrogen (secondary N) is 1. The van der Waals surface area contributed by atoms with E-state index in [4.69, 9.17) is 5.11 Å². The number of aliphatic hydroxyl groups is 1. The Kier molecular flexibility index (Phi) is 5.09. The molecule has 1 atom stereocenters. The number of carbonyl (C=O) groups is 1. The van der Waals surface area contributed by atoms with E-state index in [0.29, 0.717) is 22.2 Å². The van der Waals surface area contributed by atoms with Crippen LogP contribution in [-0.4, -0.2) is 33.6 Å². The smallest absolute Gasteiger partial charge is 0.394 e. The van der Waals surface area contributed by atoms with Crippen molar-refractivity contribution < 1.29 is 23.1 Å². The molecule has 27 heavy (non-hydrogen) atoms. The molecule has 8 heteroatoms. The highest BCUT2D eigenvalue weighted by Gasteiger charge is 2.30. The Balaban J connectivity index is 1.97. The summed E-state index contributed by atoms with van der Waals surface area (Å²) in [6.45, 7) is 1.44. The molecule has 0 bridgehead atoms. The lowest BCUT2D eigenvalue weighted by molar-refractivity contribution is -0.137. The number of aromatic nitrogens is 2. The Morgan fingerprint density at radius 3 is 2.52 bits per heavy atom. The SMILES string of the molecule is C[C@H](CO)NC(=O)c1cnc2c(-c3ccc(C(F)(F)F)cc3)cccc2n1. The van der Waals surface area contributed by atoms with Crippen molar-refractivity contribution in [1.29, 1.82) is 0 Å². The summed E-state index contributed by atoms with van der Waals surface area (Å²) >= 11 is 0. The van der Waals surface area contributed by atoms with Gasteiger partial charge in [-0.05, 0) is 30.7 Å². The Bertz CT molecular complexity index is 972. The Morgan fingerprint density at radius 2 is 1.89 bits per heavy atom. The van der Waals surface area contributed by atoms with Crippen LogP contribution in [0.2, 0.25) is 0 Å². The Hall–Kier alpha value is -3.00. The van der Waals surface area contributed by atoms with Crippen LogP contribution in [0.25, 0.3) is 22.2 Å². The molecule has 0 aliphatic carbocycles. The van der Waals surface area contributed by atoms with Crippen LogP contribution in [0.5, 0.6) is 0 Å². The van der Waals surface area contributed by atoms with E-state index in [9.17, 15) is 18.0 Å². The van der Waals surface area contributed by atoms with Crippen molar-refractivity contribution in [2.24, 2.45) is 0 Å². The first-order valence-electron chi connectivity index (χ1n) is 8.14. The fourth-order valence-corrected chi connectivity index (χ4v) is 2.57. The average Bonchev–Trinajstić information content (AvgIpc) is 2.66. The first-order valence-corrected chi connectivity index (χ1v) is 8.14. The van der Waals surface area contributed by atoms with Gasteiger partial charge in [0.15, 0.2) is 0 Å². The fourth-order valence-electron chi connectivity index (χ4n) is 2.57. The standard InChI is InChI=1S/C19H16F3N3O2/c1-11(10-26)24-18(27)16-9-23-17-14(3-2-4-15(17)25-16)12-5-7-13(8-6-12)19(20,21)22/h2-9,11,26H,10H2,1H3,(H,24,27)/t11-/m1/s1. The van der Waals surface area contributed by atoms with Crippen molar-refractivity contribution in [1.82, 2.24) is 15.3 Å². The normalized spacial score (nSPS) is 12.8. The zero-order valence-electron chi connectivity index (χ0n) is 14.3. The fraction of sp³-hybridized carbons (Fsp3) is 0.211. The van der Waals surface area contributed by atoms with Gasteiger partial charge < -0.3 is 10.4 Å². The predicted octanol–water partition coefficient (Wildman–Crippen LogP) is 3.43. The maximum atomic E-state index is 12.7. The maximum absolute atomic E-state index is 12.7. The lowest BCUT2D eigenvalue weighted by Crippen LogP contribution is -2.35. The molecular weight excluding hydrogens is 359 g/mol. The van der Waals surface area contributed by atoms with Crippen LogP contribution in [0.3, 0.4) is 0 Å². The lowest BCUT2D eigenvalue weighted by Gasteiger charge is -2.11. The van der Waals surface area contributed by atoms with Crippen LogP contribution in [-0.2, 0) is 6.18 Å². The van der Waals surface area contributed by atoms with Crippen LogP contribution >= 0.6 is 0 Å². The summed E-state index contributed by atoms with van der Waals surface area (Å²) < 4.78 is 38.2. The van der Waals surface area contributed by atoms with Gasteiger partial charge in [-0.3, -0.25) is 9.78 Å². The molecule has 1 aromatic heterocycles. The molecule has 140 valence electrons. The van der Waals surface area contributed by atoms with Crippen molar-refractivity contribution in [2.45, 2.75) is 19.1 Å². The molecular formula is C19H16F3N3O2. The minimum absolute atomic E-state index is 0.0902. The summed E-state index contributed by atoms with van der Waals surface area (Å²) in [5.74, 6) is -0.467. The van der Waals surface area contributed by atoms with E-state index < -0.39 is 23.7 Å². The van der Waals surface area contributed by atoms with Crippen molar-refractivity contribution in [2.75, 3.05) is 6.61 Å². The van der Waals surface area contributed by atoms with Crippen molar-refractivity contribution in [3.8, 4) is 11.1 Å². The second-order valence-corrected chi connectivity index (χ2v) is 6.06. The highest BCUT2D eigenvalue weighted by molar-refractivity contribution is 5.96. The Labute approximate surface area is 152 Å². The van der Waals surface area contributed by atoms with Gasteiger partial charge in [-0.1, -0.05) is 24.3 Å². The zero-order chi connectivity index (χ0) is 19.6. The number of amides is 1. The molecule has 3 rings (SSSR count). The summed E-state index contributed by atoms with van der Waals surface area (Å²) in [5.41, 5.74) is 1.46. The molecule has 0 unspecified atom stereocenters. The van der Waals surface area contributed by atoms with E-state index >= 15 is 0 Å². The third-order valence-corrected chi connectivity index (χ3v) is 3.98. The van der Waals surface area contributed by atoms with Gasteiger partial charge in [0.05, 0.1) is 29.4 Å². The monoisotopic (exact) mass is 375 g/mol. The van der Waals surface area contributed by atoms with E-state index in [1.165, 1.54) is 18.3 Å². The minimum Gasteiger partial charge on any atom is -0.394 e. The number of alkyl halides is 3. The number of benzene rings is 2. The van der Waals surface area contributed by atoms with Gasteiger partial charge in [0, 0.05) is 11.6 Å². The van der Waals surface area contributed by atoms with Gasteiger partial charge in [0.2, 0.25) is 0 Å². The molecule has 2 aromatic carbocycles. The Morgan fingerprint density at radius 1 is 1.19 bits per heavy atom. The van der Waals surface area contributed by atoms with Crippen molar-refractivity contribution in [3.63, 3.8) is 0 Å². The van der Waals surface area contributed by atoms with Gasteiger partial charge in [-0.15, -0.1) is 0 Å². The van der Waals surface area contributed by atoms with E-state index in [1.54, 1.807) is 25.1 Å². The number of hydrogen-bond acceptors (Lipinski definition) is 4. The minimum atomic E-state index is -4.40. The van der Waals surface area contributed by atoms with Gasteiger partial charge in [-0.2, -0.15) is 13.2 Å². The number of halogens is 3. The molecule has 1 heterocycles. The number of rotatable bonds is 4. The van der Waals surface area contributed by atoms with Crippen LogP contribution < -0.4 is 5.32 Å². The van der Waals surface area contributed by atoms with Crippen molar-refractivity contribution >= 4 is 16.9 Å². The number of carbonyl (C=O) groups excluding carboxylic acids is 1. The molecule has 0 fully saturated rings. The molecule has 0 saturated carbocycles. The molecule has 2 N–H and O–H groups in total. The van der Waals surface area contributed by atoms with Crippen LogP contribution in [0.4, 0.5) is 13.2 Å². The summed E-state index contributed by atoms with van der Waals surface area (Å²) in [5, 5.41) is 11.6. The average molecular weight is 375 g/mol. The van der Waals surface area contributed by atoms with Crippen LogP contribution in [0, 0.1) is 0 Å².